The number of likely N-dealkylation sites (N-methyl/N-ethyl adjacent to an activating group) is 2. The van der Waals surface area contributed by atoms with Gasteiger partial charge in [-0.2, -0.15) is 0 Å². The highest BCUT2D eigenvalue weighted by Gasteiger charge is 2.43. The molecule has 1 aliphatic rings. The van der Waals surface area contributed by atoms with Gasteiger partial charge in [0.05, 0.1) is 42.7 Å². The Bertz CT molecular complexity index is 1710. The van der Waals surface area contributed by atoms with Crippen molar-refractivity contribution in [3.05, 3.63) is 65.7 Å². The predicted octanol–water partition coefficient (Wildman–Crippen LogP) is 4.64. The van der Waals surface area contributed by atoms with Crippen molar-refractivity contribution in [2.75, 3.05) is 47.1 Å². The molecule has 4 amide bonds. The molecule has 5 N–H and O–H groups in total. The molecule has 0 spiro atoms. The van der Waals surface area contributed by atoms with Gasteiger partial charge in [-0.15, -0.1) is 0 Å². The second-order valence-electron chi connectivity index (χ2n) is 17.6. The maximum Gasteiger partial charge on any atom is 0.326 e. The molecule has 2 unspecified atom stereocenters. The topological polar surface area (TPSA) is 184 Å². The standard InChI is InChI=1S/C47H74N6O8/c1-12-31(6)42(52(9)46(57)40(29(2)3)50-45(56)41(30(4)5)51(8)26-24-33-20-22-35(48)23-21-33)38(60-10)28-39(54)53-25-16-19-37(53)43(61-11)32(7)44(55)49-36(47(58)59)27-34-17-14-13-15-18-34/h13-15,17-18,20-23,29-32,36-38,40-43H,12,16,19,24-28,48H2,1-11H3,(H,49,55)(H,50,56)(H,58,59)/t31-,32+,36-,37-,38+,40-,41?,42?,43+/m0/s1. The van der Waals surface area contributed by atoms with Crippen LogP contribution in [0.1, 0.15) is 85.3 Å². The van der Waals surface area contributed by atoms with Gasteiger partial charge in [-0.3, -0.25) is 24.1 Å². The van der Waals surface area contributed by atoms with Crippen LogP contribution in [0.3, 0.4) is 0 Å². The van der Waals surface area contributed by atoms with Gasteiger partial charge in [0, 0.05) is 46.5 Å². The van der Waals surface area contributed by atoms with Crippen molar-refractivity contribution >= 4 is 35.3 Å². The molecular formula is C47H74N6O8. The largest absolute Gasteiger partial charge is 0.480 e. The van der Waals surface area contributed by atoms with Gasteiger partial charge in [-0.05, 0) is 67.3 Å². The van der Waals surface area contributed by atoms with E-state index in [0.717, 1.165) is 17.5 Å². The molecule has 2 aromatic carbocycles. The number of hydrogen-bond acceptors (Lipinski definition) is 9. The van der Waals surface area contributed by atoms with Gasteiger partial charge in [-0.1, -0.05) is 97.4 Å². The monoisotopic (exact) mass is 851 g/mol. The predicted molar refractivity (Wildman–Crippen MR) is 238 cm³/mol. The number of rotatable bonds is 24. The molecule has 9 atom stereocenters. The van der Waals surface area contributed by atoms with Crippen molar-refractivity contribution in [3.63, 3.8) is 0 Å². The number of nitrogen functional groups attached to an aromatic ring is 1. The van der Waals surface area contributed by atoms with Crippen LogP contribution in [0.5, 0.6) is 0 Å². The SMILES string of the molecule is CC[C@H](C)C([C@@H](CC(=O)N1CCC[C@H]1[C@H](OC)[C@@H](C)C(=O)N[C@@H](Cc1ccccc1)C(=O)O)OC)N(C)C(=O)[C@@H](NC(=O)C(C(C)C)N(C)CCc1ccc(N)cc1)C(C)C. The van der Waals surface area contributed by atoms with Crippen LogP contribution in [0.25, 0.3) is 0 Å². The van der Waals surface area contributed by atoms with Crippen molar-refractivity contribution in [1.29, 1.82) is 0 Å². The fraction of sp³-hybridized carbons (Fsp3) is 0.638. The number of hydrogen-bond donors (Lipinski definition) is 4. The van der Waals surface area contributed by atoms with E-state index in [1.165, 1.54) is 7.11 Å². The summed E-state index contributed by atoms with van der Waals surface area (Å²) < 4.78 is 12.0. The second kappa shape index (κ2) is 24.2. The number of ether oxygens (including phenoxy) is 2. The molecule has 2 aromatic rings. The summed E-state index contributed by atoms with van der Waals surface area (Å²) in [5.74, 6) is -3.39. The first-order valence-electron chi connectivity index (χ1n) is 21.9. The number of benzene rings is 2. The number of carbonyl (C=O) groups is 5. The third-order valence-electron chi connectivity index (χ3n) is 12.5. The Labute approximate surface area is 364 Å². The summed E-state index contributed by atoms with van der Waals surface area (Å²) in [6.07, 6.45) is 1.46. The lowest BCUT2D eigenvalue weighted by Gasteiger charge is -2.41. The van der Waals surface area contributed by atoms with E-state index in [9.17, 15) is 29.1 Å². The van der Waals surface area contributed by atoms with E-state index in [4.69, 9.17) is 15.2 Å². The molecule has 1 fully saturated rings. The summed E-state index contributed by atoms with van der Waals surface area (Å²) in [6.45, 7) is 14.7. The number of likely N-dealkylation sites (tertiary alicyclic amines) is 1. The molecule has 3 rings (SSSR count). The van der Waals surface area contributed by atoms with Crippen LogP contribution in [0.4, 0.5) is 5.69 Å². The zero-order valence-electron chi connectivity index (χ0n) is 38.4. The third kappa shape index (κ3) is 14.0. The van der Waals surface area contributed by atoms with E-state index in [1.54, 1.807) is 30.9 Å². The summed E-state index contributed by atoms with van der Waals surface area (Å²) in [6, 6.07) is 13.4. The normalized spacial score (nSPS) is 18.2. The number of nitrogens with two attached hydrogens (primary N) is 1. The summed E-state index contributed by atoms with van der Waals surface area (Å²) in [5.41, 5.74) is 8.46. The number of carbonyl (C=O) groups excluding carboxylic acids is 4. The lowest BCUT2D eigenvalue weighted by molar-refractivity contribution is -0.148. The number of carboxylic acid groups (broad SMARTS) is 1. The van der Waals surface area contributed by atoms with Gasteiger partial charge in [0.1, 0.15) is 12.1 Å². The number of nitrogens with one attached hydrogen (secondary N) is 2. The maximum atomic E-state index is 14.5. The van der Waals surface area contributed by atoms with E-state index in [1.807, 2.05) is 108 Å². The van der Waals surface area contributed by atoms with Crippen LogP contribution >= 0.6 is 0 Å². The summed E-state index contributed by atoms with van der Waals surface area (Å²) in [4.78, 5) is 74.0. The van der Waals surface area contributed by atoms with Crippen LogP contribution in [-0.2, 0) is 46.3 Å². The molecule has 1 aliphatic heterocycles. The Morgan fingerprint density at radius 2 is 1.51 bits per heavy atom. The highest BCUT2D eigenvalue weighted by molar-refractivity contribution is 5.90. The van der Waals surface area contributed by atoms with Crippen molar-refractivity contribution in [1.82, 2.24) is 25.3 Å². The lowest BCUT2D eigenvalue weighted by atomic mass is 9.89. The minimum Gasteiger partial charge on any atom is -0.480 e. The fourth-order valence-corrected chi connectivity index (χ4v) is 8.77. The van der Waals surface area contributed by atoms with Crippen molar-refractivity contribution < 1.29 is 38.6 Å². The van der Waals surface area contributed by atoms with Crippen LogP contribution in [0, 0.1) is 23.7 Å². The molecule has 1 heterocycles. The maximum absolute atomic E-state index is 14.5. The molecule has 340 valence electrons. The molecule has 0 saturated carbocycles. The van der Waals surface area contributed by atoms with E-state index in [0.29, 0.717) is 38.0 Å². The van der Waals surface area contributed by atoms with Crippen LogP contribution < -0.4 is 16.4 Å². The van der Waals surface area contributed by atoms with E-state index in [-0.39, 0.29) is 48.3 Å². The minimum atomic E-state index is -1.14. The third-order valence-corrected chi connectivity index (χ3v) is 12.5. The first-order valence-corrected chi connectivity index (χ1v) is 21.9. The Balaban J connectivity index is 1.76. The van der Waals surface area contributed by atoms with E-state index in [2.05, 4.69) is 10.6 Å². The highest BCUT2D eigenvalue weighted by atomic mass is 16.5. The molecular weight excluding hydrogens is 777 g/mol. The zero-order chi connectivity index (χ0) is 45.6. The molecule has 14 nitrogen and oxygen atoms in total. The van der Waals surface area contributed by atoms with Crippen LogP contribution in [-0.4, -0.2) is 133 Å². The first kappa shape index (κ1) is 50.8. The Morgan fingerprint density at radius 1 is 0.869 bits per heavy atom. The molecule has 0 aromatic heterocycles. The highest BCUT2D eigenvalue weighted by Crippen LogP contribution is 2.30. The number of carboxylic acids is 1. The Hall–Kier alpha value is -4.53. The van der Waals surface area contributed by atoms with Gasteiger partial charge >= 0.3 is 5.97 Å². The van der Waals surface area contributed by atoms with Gasteiger partial charge in [0.2, 0.25) is 23.6 Å². The van der Waals surface area contributed by atoms with E-state index >= 15 is 0 Å². The minimum absolute atomic E-state index is 0.0261. The average Bonchev–Trinajstić information content (AvgIpc) is 3.71. The van der Waals surface area contributed by atoms with Gasteiger partial charge in [0.15, 0.2) is 0 Å². The number of methoxy groups -OCH3 is 2. The van der Waals surface area contributed by atoms with Crippen molar-refractivity contribution in [3.8, 4) is 0 Å². The molecule has 0 radical (unpaired) electrons. The van der Waals surface area contributed by atoms with Crippen LogP contribution in [0.15, 0.2) is 54.6 Å². The lowest BCUT2D eigenvalue weighted by Crippen LogP contribution is -2.60. The number of anilines is 1. The van der Waals surface area contributed by atoms with Crippen LogP contribution in [0.2, 0.25) is 0 Å². The van der Waals surface area contributed by atoms with Crippen molar-refractivity contribution in [2.45, 2.75) is 129 Å². The number of nitrogens with zero attached hydrogens (tertiary/aromatic N) is 3. The molecule has 61 heavy (non-hydrogen) atoms. The zero-order valence-corrected chi connectivity index (χ0v) is 38.4. The summed E-state index contributed by atoms with van der Waals surface area (Å²) in [5, 5.41) is 15.7. The first-order chi connectivity index (χ1) is 28.9. The summed E-state index contributed by atoms with van der Waals surface area (Å²) >= 11 is 0. The Morgan fingerprint density at radius 3 is 2.05 bits per heavy atom. The second-order valence-corrected chi connectivity index (χ2v) is 17.6. The number of amides is 4. The average molecular weight is 851 g/mol. The van der Waals surface area contributed by atoms with E-state index < -0.39 is 60.2 Å². The fourth-order valence-electron chi connectivity index (χ4n) is 8.77. The quantitative estimate of drug-likeness (QED) is 0.109. The smallest absolute Gasteiger partial charge is 0.326 e. The summed E-state index contributed by atoms with van der Waals surface area (Å²) in [7, 11) is 6.69. The van der Waals surface area contributed by atoms with Gasteiger partial charge in [-0.25, -0.2) is 4.79 Å². The van der Waals surface area contributed by atoms with Crippen molar-refractivity contribution in [2.24, 2.45) is 23.7 Å². The number of aliphatic carboxylic acids is 1. The van der Waals surface area contributed by atoms with Gasteiger partial charge in [0.25, 0.3) is 0 Å². The van der Waals surface area contributed by atoms with Gasteiger partial charge < -0.3 is 40.7 Å². The molecule has 1 saturated heterocycles. The molecule has 14 heteroatoms. The molecule has 0 aliphatic carbocycles. The Kier molecular flexibility index (Phi) is 20.2. The molecule has 0 bridgehead atoms.